The Labute approximate surface area is 115 Å². The van der Waals surface area contributed by atoms with Gasteiger partial charge in [0, 0.05) is 5.92 Å². The van der Waals surface area contributed by atoms with Gasteiger partial charge in [0.2, 0.25) is 0 Å². The second-order valence-corrected chi connectivity index (χ2v) is 4.89. The molecule has 1 unspecified atom stereocenters. The highest BCUT2D eigenvalue weighted by Crippen LogP contribution is 2.33. The molecule has 0 radical (unpaired) electrons. The number of carbonyl (C=O) groups is 1. The summed E-state index contributed by atoms with van der Waals surface area (Å²) >= 11 is 0. The highest BCUT2D eigenvalue weighted by Gasteiger charge is 2.31. The molecule has 0 aromatic heterocycles. The quantitative estimate of drug-likeness (QED) is 0.824. The summed E-state index contributed by atoms with van der Waals surface area (Å²) in [6.45, 7) is 1.57. The summed E-state index contributed by atoms with van der Waals surface area (Å²) in [6, 6.07) is 5.95. The monoisotopic (exact) mass is 284 g/mol. The zero-order chi connectivity index (χ0) is 14.8. The van der Waals surface area contributed by atoms with Gasteiger partial charge in [0.15, 0.2) is 0 Å². The van der Waals surface area contributed by atoms with Crippen molar-refractivity contribution >= 4 is 11.4 Å². The van der Waals surface area contributed by atoms with E-state index in [1.54, 1.807) is 13.0 Å². The Kier molecular flexibility index (Phi) is 4.16. The lowest BCUT2D eigenvalue weighted by Gasteiger charge is -2.20. The highest BCUT2D eigenvalue weighted by atomic mass is 19.4. The number of Topliss-reactive ketones (excluding diaryl/α,β-unsaturated/α-hetero) is 1. The number of rotatable bonds is 3. The molecule has 2 rings (SSSR count). The molecule has 1 aliphatic rings. The Morgan fingerprint density at radius 1 is 1.35 bits per heavy atom. The van der Waals surface area contributed by atoms with E-state index in [0.29, 0.717) is 18.4 Å². The van der Waals surface area contributed by atoms with Gasteiger partial charge >= 0.3 is 6.36 Å². The number of halogens is 3. The number of benzene rings is 1. The Hall–Kier alpha value is -1.78. The largest absolute Gasteiger partial charge is 0.573 e. The first-order chi connectivity index (χ1) is 9.35. The molecule has 108 valence electrons. The fourth-order valence-electron chi connectivity index (χ4n) is 2.36. The van der Waals surface area contributed by atoms with E-state index in [-0.39, 0.29) is 17.5 Å². The predicted molar refractivity (Wildman–Crippen MR) is 69.1 cm³/mol. The van der Waals surface area contributed by atoms with Crippen molar-refractivity contribution in [3.05, 3.63) is 35.9 Å². The second-order valence-electron chi connectivity index (χ2n) is 4.89. The van der Waals surface area contributed by atoms with Gasteiger partial charge in [-0.05, 0) is 49.5 Å². The van der Waals surface area contributed by atoms with Crippen LogP contribution in [0.25, 0.3) is 5.57 Å². The lowest BCUT2D eigenvalue weighted by molar-refractivity contribution is -0.274. The smallest absolute Gasteiger partial charge is 0.406 e. The fourth-order valence-corrected chi connectivity index (χ4v) is 2.36. The van der Waals surface area contributed by atoms with Gasteiger partial charge in [0.1, 0.15) is 11.5 Å². The first-order valence-electron chi connectivity index (χ1n) is 6.41. The third-order valence-electron chi connectivity index (χ3n) is 3.42. The van der Waals surface area contributed by atoms with E-state index < -0.39 is 6.36 Å². The summed E-state index contributed by atoms with van der Waals surface area (Å²) in [6.07, 6.45) is -0.665. The Morgan fingerprint density at radius 3 is 2.65 bits per heavy atom. The molecule has 0 fully saturated rings. The van der Waals surface area contributed by atoms with E-state index in [9.17, 15) is 18.0 Å². The second kappa shape index (κ2) is 5.69. The standard InChI is InChI=1S/C15H15F3O2/c1-10(19)11-5-7-12(8-6-11)13-3-2-4-14(9-13)20-15(16,17)18/h2-4,7,9,11H,5-6,8H2,1H3. The molecule has 1 aromatic rings. The first kappa shape index (κ1) is 14.6. The molecule has 0 saturated carbocycles. The number of allylic oxidation sites excluding steroid dienone is 2. The molecule has 0 aliphatic heterocycles. The molecule has 5 heteroatoms. The minimum atomic E-state index is -4.68. The van der Waals surface area contributed by atoms with Crippen LogP contribution in [0.4, 0.5) is 13.2 Å². The van der Waals surface area contributed by atoms with E-state index in [4.69, 9.17) is 0 Å². The van der Waals surface area contributed by atoms with Crippen LogP contribution in [0.5, 0.6) is 5.75 Å². The highest BCUT2D eigenvalue weighted by molar-refractivity contribution is 5.80. The van der Waals surface area contributed by atoms with Crippen molar-refractivity contribution in [2.45, 2.75) is 32.5 Å². The van der Waals surface area contributed by atoms with Crippen LogP contribution in [0.3, 0.4) is 0 Å². The molecular formula is C15H15F3O2. The van der Waals surface area contributed by atoms with Crippen LogP contribution in [0.1, 0.15) is 31.7 Å². The SMILES string of the molecule is CC(=O)C1CC=C(c2cccc(OC(F)(F)F)c2)CC1. The Bertz CT molecular complexity index is 532. The zero-order valence-corrected chi connectivity index (χ0v) is 11.0. The molecule has 0 amide bonds. The van der Waals surface area contributed by atoms with E-state index in [2.05, 4.69) is 4.74 Å². The fraction of sp³-hybridized carbons (Fsp3) is 0.400. The molecule has 0 spiro atoms. The molecule has 1 aliphatic carbocycles. The maximum atomic E-state index is 12.2. The maximum absolute atomic E-state index is 12.2. The van der Waals surface area contributed by atoms with E-state index in [1.165, 1.54) is 18.2 Å². The molecular weight excluding hydrogens is 269 g/mol. The number of hydrogen-bond acceptors (Lipinski definition) is 2. The van der Waals surface area contributed by atoms with Crippen molar-refractivity contribution in [3.63, 3.8) is 0 Å². The molecule has 0 N–H and O–H groups in total. The predicted octanol–water partition coefficient (Wildman–Crippen LogP) is 4.36. The van der Waals surface area contributed by atoms with Crippen LogP contribution in [0.15, 0.2) is 30.3 Å². The van der Waals surface area contributed by atoms with Crippen LogP contribution >= 0.6 is 0 Å². The third-order valence-corrected chi connectivity index (χ3v) is 3.42. The first-order valence-corrected chi connectivity index (χ1v) is 6.41. The number of carbonyl (C=O) groups excluding carboxylic acids is 1. The summed E-state index contributed by atoms with van der Waals surface area (Å²) in [7, 11) is 0. The Balaban J connectivity index is 2.14. The molecule has 0 saturated heterocycles. The third kappa shape index (κ3) is 3.85. The van der Waals surface area contributed by atoms with Crippen LogP contribution in [0.2, 0.25) is 0 Å². The molecule has 20 heavy (non-hydrogen) atoms. The van der Waals surface area contributed by atoms with E-state index in [0.717, 1.165) is 12.0 Å². The summed E-state index contributed by atoms with van der Waals surface area (Å²) in [4.78, 5) is 11.3. The Morgan fingerprint density at radius 2 is 2.10 bits per heavy atom. The van der Waals surface area contributed by atoms with Gasteiger partial charge in [-0.2, -0.15) is 0 Å². The normalized spacial score (nSPS) is 19.4. The lowest BCUT2D eigenvalue weighted by Crippen LogP contribution is -2.17. The van der Waals surface area contributed by atoms with Crippen molar-refractivity contribution in [3.8, 4) is 5.75 Å². The van der Waals surface area contributed by atoms with Gasteiger partial charge in [-0.1, -0.05) is 18.2 Å². The van der Waals surface area contributed by atoms with Crippen LogP contribution in [-0.4, -0.2) is 12.1 Å². The number of ether oxygens (including phenoxy) is 1. The summed E-state index contributed by atoms with van der Waals surface area (Å²) in [5.74, 6) is -0.0209. The average Bonchev–Trinajstić information content (AvgIpc) is 2.37. The molecule has 2 nitrogen and oxygen atoms in total. The van der Waals surface area contributed by atoms with Gasteiger partial charge < -0.3 is 4.74 Å². The average molecular weight is 284 g/mol. The van der Waals surface area contributed by atoms with Crippen molar-refractivity contribution in [1.29, 1.82) is 0 Å². The summed E-state index contributed by atoms with van der Waals surface area (Å²) < 4.78 is 40.5. The summed E-state index contributed by atoms with van der Waals surface area (Å²) in [5, 5.41) is 0. The number of alkyl halides is 3. The summed E-state index contributed by atoms with van der Waals surface area (Å²) in [5.41, 5.74) is 1.68. The number of ketones is 1. The van der Waals surface area contributed by atoms with Crippen LogP contribution < -0.4 is 4.74 Å². The molecule has 1 aromatic carbocycles. The van der Waals surface area contributed by atoms with Gasteiger partial charge in [-0.15, -0.1) is 13.2 Å². The van der Waals surface area contributed by atoms with Crippen molar-refractivity contribution in [2.24, 2.45) is 5.92 Å². The van der Waals surface area contributed by atoms with Gasteiger partial charge in [0.05, 0.1) is 0 Å². The van der Waals surface area contributed by atoms with Crippen LogP contribution in [-0.2, 0) is 4.79 Å². The van der Waals surface area contributed by atoms with Crippen molar-refractivity contribution in [1.82, 2.24) is 0 Å². The van der Waals surface area contributed by atoms with Crippen molar-refractivity contribution in [2.75, 3.05) is 0 Å². The van der Waals surface area contributed by atoms with Crippen LogP contribution in [0, 0.1) is 5.92 Å². The molecule has 0 bridgehead atoms. The van der Waals surface area contributed by atoms with Gasteiger partial charge in [0.25, 0.3) is 0 Å². The van der Waals surface area contributed by atoms with Gasteiger partial charge in [-0.25, -0.2) is 0 Å². The maximum Gasteiger partial charge on any atom is 0.573 e. The van der Waals surface area contributed by atoms with Gasteiger partial charge in [-0.3, -0.25) is 4.79 Å². The minimum Gasteiger partial charge on any atom is -0.406 e. The number of hydrogen-bond donors (Lipinski definition) is 0. The van der Waals surface area contributed by atoms with E-state index >= 15 is 0 Å². The van der Waals surface area contributed by atoms with Crippen molar-refractivity contribution < 1.29 is 22.7 Å². The topological polar surface area (TPSA) is 26.3 Å². The lowest BCUT2D eigenvalue weighted by atomic mass is 9.85. The van der Waals surface area contributed by atoms with E-state index in [1.807, 2.05) is 6.08 Å². The minimum absolute atomic E-state index is 0.0355. The molecule has 1 atom stereocenters. The zero-order valence-electron chi connectivity index (χ0n) is 11.0. The molecule has 0 heterocycles.